The summed E-state index contributed by atoms with van der Waals surface area (Å²) >= 11 is 5.99. The third-order valence-corrected chi connectivity index (χ3v) is 4.82. The van der Waals surface area contributed by atoms with E-state index in [1.807, 2.05) is 11.8 Å². The lowest BCUT2D eigenvalue weighted by Gasteiger charge is -2.29. The van der Waals surface area contributed by atoms with E-state index in [1.54, 1.807) is 25.2 Å². The van der Waals surface area contributed by atoms with Crippen LogP contribution in [0.3, 0.4) is 0 Å². The lowest BCUT2D eigenvalue weighted by Crippen LogP contribution is -2.38. The van der Waals surface area contributed by atoms with Crippen LogP contribution in [-0.2, 0) is 11.8 Å². The molecule has 0 radical (unpaired) electrons. The van der Waals surface area contributed by atoms with Gasteiger partial charge in [-0.05, 0) is 44.4 Å². The van der Waals surface area contributed by atoms with Crippen LogP contribution >= 0.6 is 11.6 Å². The summed E-state index contributed by atoms with van der Waals surface area (Å²) in [5.41, 5.74) is 0.472. The van der Waals surface area contributed by atoms with Gasteiger partial charge in [0, 0.05) is 24.5 Å². The first-order valence-electron chi connectivity index (χ1n) is 8.40. The highest BCUT2D eigenvalue weighted by Crippen LogP contribution is 2.34. The predicted molar refractivity (Wildman–Crippen MR) is 95.1 cm³/mol. The number of amides is 1. The summed E-state index contributed by atoms with van der Waals surface area (Å²) in [6.07, 6.45) is 2.81. The molecule has 1 aliphatic rings. The number of nitrogens with zero attached hydrogens (tertiary/aromatic N) is 3. The Kier molecular flexibility index (Phi) is 4.63. The number of carbonyl (C=O) groups is 1. The molecule has 1 atom stereocenters. The quantitative estimate of drug-likeness (QED) is 0.833. The number of hydrogen-bond acceptors (Lipinski definition) is 3. The van der Waals surface area contributed by atoms with Gasteiger partial charge in [0.15, 0.2) is 0 Å². The van der Waals surface area contributed by atoms with Gasteiger partial charge in [-0.2, -0.15) is 0 Å². The molecule has 1 heterocycles. The van der Waals surface area contributed by atoms with Gasteiger partial charge in [-0.3, -0.25) is 14.2 Å². The van der Waals surface area contributed by atoms with Gasteiger partial charge in [-0.25, -0.2) is 4.98 Å². The molecule has 1 aromatic carbocycles. The second-order valence-electron chi connectivity index (χ2n) is 6.48. The Balaban J connectivity index is 2.06. The number of rotatable bonds is 5. The van der Waals surface area contributed by atoms with Crippen molar-refractivity contribution in [2.24, 2.45) is 13.0 Å². The minimum absolute atomic E-state index is 0.139. The monoisotopic (exact) mass is 347 g/mol. The second kappa shape index (κ2) is 6.55. The molecule has 1 fully saturated rings. The van der Waals surface area contributed by atoms with Crippen LogP contribution in [0.15, 0.2) is 23.0 Å². The molecule has 5 nitrogen and oxygen atoms in total. The van der Waals surface area contributed by atoms with Gasteiger partial charge in [0.25, 0.3) is 5.56 Å². The molecule has 1 aromatic heterocycles. The molecular weight excluding hydrogens is 326 g/mol. The molecule has 3 rings (SSSR count). The highest BCUT2D eigenvalue weighted by atomic mass is 35.5. The van der Waals surface area contributed by atoms with Crippen LogP contribution in [0.5, 0.6) is 0 Å². The third kappa shape index (κ3) is 3.05. The van der Waals surface area contributed by atoms with Gasteiger partial charge in [0.05, 0.1) is 16.9 Å². The van der Waals surface area contributed by atoms with Gasteiger partial charge in [0.2, 0.25) is 5.91 Å². The van der Waals surface area contributed by atoms with Crippen LogP contribution < -0.4 is 5.56 Å². The van der Waals surface area contributed by atoms with Crippen LogP contribution in [0.4, 0.5) is 0 Å². The molecule has 0 bridgehead atoms. The molecule has 1 saturated carbocycles. The van der Waals surface area contributed by atoms with E-state index in [-0.39, 0.29) is 23.4 Å². The molecule has 0 aliphatic heterocycles. The van der Waals surface area contributed by atoms with Crippen molar-refractivity contribution in [1.29, 1.82) is 0 Å². The zero-order chi connectivity index (χ0) is 17.4. The van der Waals surface area contributed by atoms with Gasteiger partial charge < -0.3 is 4.90 Å². The summed E-state index contributed by atoms with van der Waals surface area (Å²) in [5, 5.41) is 1.01. The van der Waals surface area contributed by atoms with Crippen LogP contribution in [0.2, 0.25) is 5.02 Å². The van der Waals surface area contributed by atoms with E-state index >= 15 is 0 Å². The first-order chi connectivity index (χ1) is 11.4. The number of fused-ring (bicyclic) bond motifs is 1. The van der Waals surface area contributed by atoms with Gasteiger partial charge in [-0.1, -0.05) is 18.5 Å². The lowest BCUT2D eigenvalue weighted by molar-refractivity contribution is -0.135. The Morgan fingerprint density at radius 2 is 2.17 bits per heavy atom. The van der Waals surface area contributed by atoms with Gasteiger partial charge in [-0.15, -0.1) is 0 Å². The maximum absolute atomic E-state index is 12.7. The molecule has 0 spiro atoms. The summed E-state index contributed by atoms with van der Waals surface area (Å²) in [6.45, 7) is 4.67. The Morgan fingerprint density at radius 1 is 1.46 bits per heavy atom. The van der Waals surface area contributed by atoms with E-state index in [9.17, 15) is 9.59 Å². The molecule has 1 unspecified atom stereocenters. The summed E-state index contributed by atoms with van der Waals surface area (Å²) in [5.74, 6) is 0.933. The zero-order valence-corrected chi connectivity index (χ0v) is 15.0. The maximum atomic E-state index is 12.7. The second-order valence-corrected chi connectivity index (χ2v) is 6.91. The number of aromatic nitrogens is 2. The third-order valence-electron chi connectivity index (χ3n) is 4.59. The molecule has 128 valence electrons. The molecule has 24 heavy (non-hydrogen) atoms. The molecule has 0 N–H and O–H groups in total. The van der Waals surface area contributed by atoms with Crippen molar-refractivity contribution >= 4 is 28.4 Å². The van der Waals surface area contributed by atoms with Crippen LogP contribution in [0.25, 0.3) is 10.9 Å². The van der Waals surface area contributed by atoms with Crippen LogP contribution in [-0.4, -0.2) is 26.9 Å². The molecular formula is C18H22ClN3O2. The number of benzene rings is 1. The maximum Gasteiger partial charge on any atom is 0.261 e. The topological polar surface area (TPSA) is 55.2 Å². The van der Waals surface area contributed by atoms with Crippen molar-refractivity contribution in [3.8, 4) is 0 Å². The standard InChI is InChI=1S/C18H22ClN3O2/c1-4-9-22(17(23)12-5-6-12)11(2)16-20-15-8-7-13(19)10-14(15)18(24)21(16)3/h7-8,10-12H,4-6,9H2,1-3H3. The van der Waals surface area contributed by atoms with Crippen LogP contribution in [0.1, 0.15) is 45.0 Å². The fraction of sp³-hybridized carbons (Fsp3) is 0.500. The van der Waals surface area contributed by atoms with E-state index < -0.39 is 0 Å². The summed E-state index contributed by atoms with van der Waals surface area (Å²) in [7, 11) is 1.70. The SMILES string of the molecule is CCCN(C(=O)C1CC1)C(C)c1nc2ccc(Cl)cc2c(=O)n1C. The van der Waals surface area contributed by atoms with Crippen molar-refractivity contribution in [2.45, 2.75) is 39.2 Å². The fourth-order valence-electron chi connectivity index (χ4n) is 3.07. The largest absolute Gasteiger partial charge is 0.333 e. The van der Waals surface area contributed by atoms with Crippen molar-refractivity contribution in [3.63, 3.8) is 0 Å². The minimum atomic E-state index is -0.240. The fourth-order valence-corrected chi connectivity index (χ4v) is 3.25. The predicted octanol–water partition coefficient (Wildman–Crippen LogP) is 3.30. The summed E-state index contributed by atoms with van der Waals surface area (Å²) < 4.78 is 1.53. The molecule has 0 saturated heterocycles. The Labute approximate surface area is 146 Å². The van der Waals surface area contributed by atoms with Crippen LogP contribution in [0, 0.1) is 5.92 Å². The average Bonchev–Trinajstić information content (AvgIpc) is 3.40. The van der Waals surface area contributed by atoms with E-state index in [2.05, 4.69) is 11.9 Å². The number of halogens is 1. The Bertz CT molecular complexity index is 842. The summed E-state index contributed by atoms with van der Waals surface area (Å²) in [4.78, 5) is 31.8. The smallest absolute Gasteiger partial charge is 0.261 e. The minimum Gasteiger partial charge on any atom is -0.333 e. The average molecular weight is 348 g/mol. The number of hydrogen-bond donors (Lipinski definition) is 0. The normalized spacial score (nSPS) is 15.5. The highest BCUT2D eigenvalue weighted by molar-refractivity contribution is 6.31. The first kappa shape index (κ1) is 17.0. The van der Waals surface area contributed by atoms with E-state index in [1.165, 1.54) is 4.57 Å². The number of carbonyl (C=O) groups excluding carboxylic acids is 1. The van der Waals surface area contributed by atoms with Gasteiger partial charge >= 0.3 is 0 Å². The van der Waals surface area contributed by atoms with Gasteiger partial charge in [0.1, 0.15) is 5.82 Å². The van der Waals surface area contributed by atoms with Crippen molar-refractivity contribution in [2.75, 3.05) is 6.54 Å². The first-order valence-corrected chi connectivity index (χ1v) is 8.78. The molecule has 1 amide bonds. The Hall–Kier alpha value is -1.88. The Morgan fingerprint density at radius 3 is 2.79 bits per heavy atom. The van der Waals surface area contributed by atoms with Crippen molar-refractivity contribution < 1.29 is 4.79 Å². The van der Waals surface area contributed by atoms with Crippen molar-refractivity contribution in [3.05, 3.63) is 39.4 Å². The molecule has 6 heteroatoms. The van der Waals surface area contributed by atoms with E-state index in [0.717, 1.165) is 19.3 Å². The van der Waals surface area contributed by atoms with E-state index in [4.69, 9.17) is 11.6 Å². The highest BCUT2D eigenvalue weighted by Gasteiger charge is 2.36. The van der Waals surface area contributed by atoms with Crippen molar-refractivity contribution in [1.82, 2.24) is 14.5 Å². The lowest BCUT2D eigenvalue weighted by atomic mass is 10.1. The molecule has 2 aromatic rings. The zero-order valence-electron chi connectivity index (χ0n) is 14.3. The molecule has 1 aliphatic carbocycles. The van der Waals surface area contributed by atoms with E-state index in [0.29, 0.717) is 28.3 Å². The summed E-state index contributed by atoms with van der Waals surface area (Å²) in [6, 6.07) is 4.88.